The Bertz CT molecular complexity index is 639. The molecule has 0 aliphatic carbocycles. The average molecular weight is 370 g/mol. The lowest BCUT2D eigenvalue weighted by atomic mass is 10.0. The number of rotatable bonds is 3. The summed E-state index contributed by atoms with van der Waals surface area (Å²) in [6.45, 7) is 6.98. The van der Waals surface area contributed by atoms with Crippen molar-refractivity contribution in [3.63, 3.8) is 0 Å². The minimum Gasteiger partial charge on any atom is -0.465 e. The summed E-state index contributed by atoms with van der Waals surface area (Å²) in [5, 5.41) is 3.37. The Balaban J connectivity index is 2.42. The maximum atomic E-state index is 12.8. The van der Waals surface area contributed by atoms with Crippen molar-refractivity contribution < 1.29 is 19.1 Å². The van der Waals surface area contributed by atoms with Crippen LogP contribution < -0.4 is 10.2 Å². The Hall–Kier alpha value is -1.86. The maximum Gasteiger partial charge on any atom is 0.416 e. The van der Waals surface area contributed by atoms with Crippen molar-refractivity contribution in [3.05, 3.63) is 22.8 Å². The molecule has 7 nitrogen and oxygen atoms in total. The molecule has 8 heteroatoms. The molecule has 0 unspecified atom stereocenters. The molecule has 0 saturated carbocycles. The lowest BCUT2D eigenvalue weighted by molar-refractivity contribution is 0.0553. The number of carbonyl (C=O) groups is 2. The molecule has 1 amide bonds. The van der Waals surface area contributed by atoms with E-state index in [1.807, 2.05) is 0 Å². The van der Waals surface area contributed by atoms with Gasteiger partial charge >= 0.3 is 12.1 Å². The molecule has 0 aromatic carbocycles. The number of anilines is 1. The fraction of sp³-hybridized carbons (Fsp3) is 0.588. The predicted octanol–water partition coefficient (Wildman–Crippen LogP) is 3.02. The molecule has 1 aromatic heterocycles. The summed E-state index contributed by atoms with van der Waals surface area (Å²) in [5.74, 6) is -0.256. The molecule has 2 heterocycles. The van der Waals surface area contributed by atoms with Crippen molar-refractivity contribution in [1.82, 2.24) is 10.3 Å². The first-order valence-electron chi connectivity index (χ1n) is 8.20. The molecule has 1 aliphatic heterocycles. The van der Waals surface area contributed by atoms with E-state index >= 15 is 0 Å². The normalized spacial score (nSPS) is 15.6. The first kappa shape index (κ1) is 19.5. The van der Waals surface area contributed by atoms with Gasteiger partial charge in [-0.3, -0.25) is 4.90 Å². The molecule has 0 atom stereocenters. The second kappa shape index (κ2) is 8.01. The summed E-state index contributed by atoms with van der Waals surface area (Å²) in [7, 11) is 1.29. The zero-order chi connectivity index (χ0) is 18.6. The minimum atomic E-state index is -0.647. The lowest BCUT2D eigenvalue weighted by Crippen LogP contribution is -2.48. The minimum absolute atomic E-state index is 0.0902. The quantitative estimate of drug-likeness (QED) is 0.651. The Kier molecular flexibility index (Phi) is 6.24. The van der Waals surface area contributed by atoms with Gasteiger partial charge in [0, 0.05) is 6.04 Å². The number of esters is 1. The Morgan fingerprint density at radius 3 is 2.48 bits per heavy atom. The molecule has 1 N–H and O–H groups in total. The van der Waals surface area contributed by atoms with E-state index < -0.39 is 17.7 Å². The summed E-state index contributed by atoms with van der Waals surface area (Å²) in [6.07, 6.45) is 0.993. The summed E-state index contributed by atoms with van der Waals surface area (Å²) < 4.78 is 10.3. The van der Waals surface area contributed by atoms with Gasteiger partial charge in [0.2, 0.25) is 0 Å². The van der Waals surface area contributed by atoms with Crippen molar-refractivity contribution in [2.24, 2.45) is 0 Å². The average Bonchev–Trinajstić information content (AvgIpc) is 2.53. The van der Waals surface area contributed by atoms with E-state index in [-0.39, 0.29) is 22.6 Å². The van der Waals surface area contributed by atoms with Crippen LogP contribution in [0.25, 0.3) is 0 Å². The van der Waals surface area contributed by atoms with Crippen LogP contribution in [0.15, 0.2) is 12.1 Å². The standard InChI is InChI=1S/C17H24ClN3O4/c1-17(2,3)25-16(23)21(12-5-7-19-8-6-12)14-10-11(15(22)24-4)9-13(18)20-14/h9-10,12,19H,5-8H2,1-4H3. The van der Waals surface area contributed by atoms with Gasteiger partial charge in [-0.05, 0) is 58.8 Å². The first-order chi connectivity index (χ1) is 11.7. The number of aromatic nitrogens is 1. The van der Waals surface area contributed by atoms with E-state index in [0.717, 1.165) is 25.9 Å². The molecule has 1 saturated heterocycles. The van der Waals surface area contributed by atoms with E-state index in [9.17, 15) is 9.59 Å². The number of methoxy groups -OCH3 is 1. The lowest BCUT2D eigenvalue weighted by Gasteiger charge is -2.35. The third-order valence-corrected chi connectivity index (χ3v) is 3.91. The number of carbonyl (C=O) groups excluding carboxylic acids is 2. The van der Waals surface area contributed by atoms with Gasteiger partial charge < -0.3 is 14.8 Å². The Morgan fingerprint density at radius 1 is 1.28 bits per heavy atom. The van der Waals surface area contributed by atoms with Gasteiger partial charge in [-0.25, -0.2) is 14.6 Å². The van der Waals surface area contributed by atoms with Gasteiger partial charge in [-0.1, -0.05) is 11.6 Å². The zero-order valence-electron chi connectivity index (χ0n) is 15.0. The highest BCUT2D eigenvalue weighted by Crippen LogP contribution is 2.26. The second-order valence-corrected chi connectivity index (χ2v) is 7.25. The third-order valence-electron chi connectivity index (χ3n) is 3.71. The van der Waals surface area contributed by atoms with E-state index in [1.54, 1.807) is 20.8 Å². The van der Waals surface area contributed by atoms with Crippen LogP contribution in [0.1, 0.15) is 44.0 Å². The van der Waals surface area contributed by atoms with Crippen LogP contribution in [-0.2, 0) is 9.47 Å². The molecule has 1 aliphatic rings. The SMILES string of the molecule is COC(=O)c1cc(Cl)nc(N(C(=O)OC(C)(C)C)C2CCNCC2)c1. The number of amides is 1. The van der Waals surface area contributed by atoms with E-state index in [0.29, 0.717) is 0 Å². The summed E-state index contributed by atoms with van der Waals surface area (Å²) in [6, 6.07) is 2.82. The van der Waals surface area contributed by atoms with Crippen LogP contribution >= 0.6 is 11.6 Å². The van der Waals surface area contributed by atoms with Crippen molar-refractivity contribution in [3.8, 4) is 0 Å². The topological polar surface area (TPSA) is 80.8 Å². The van der Waals surface area contributed by atoms with Gasteiger partial charge in [0.05, 0.1) is 12.7 Å². The van der Waals surface area contributed by atoms with Gasteiger partial charge in [-0.15, -0.1) is 0 Å². The zero-order valence-corrected chi connectivity index (χ0v) is 15.7. The molecule has 138 valence electrons. The van der Waals surface area contributed by atoms with Crippen LogP contribution in [0.4, 0.5) is 10.6 Å². The highest BCUT2D eigenvalue weighted by Gasteiger charge is 2.32. The van der Waals surface area contributed by atoms with Crippen LogP contribution in [0, 0.1) is 0 Å². The summed E-state index contributed by atoms with van der Waals surface area (Å²) in [5.41, 5.74) is -0.411. The van der Waals surface area contributed by atoms with E-state index in [1.165, 1.54) is 24.1 Å². The molecule has 25 heavy (non-hydrogen) atoms. The van der Waals surface area contributed by atoms with Crippen LogP contribution in [-0.4, -0.2) is 48.9 Å². The van der Waals surface area contributed by atoms with Crippen molar-refractivity contribution in [1.29, 1.82) is 0 Å². The Labute approximate surface area is 152 Å². The number of hydrogen-bond acceptors (Lipinski definition) is 6. The van der Waals surface area contributed by atoms with E-state index in [2.05, 4.69) is 10.3 Å². The highest BCUT2D eigenvalue weighted by molar-refractivity contribution is 6.30. The second-order valence-electron chi connectivity index (χ2n) is 6.86. The number of nitrogens with zero attached hydrogens (tertiary/aromatic N) is 2. The summed E-state index contributed by atoms with van der Waals surface area (Å²) >= 11 is 6.06. The van der Waals surface area contributed by atoms with Gasteiger partial charge in [0.1, 0.15) is 16.6 Å². The smallest absolute Gasteiger partial charge is 0.416 e. The number of piperidine rings is 1. The monoisotopic (exact) mass is 369 g/mol. The molecule has 1 aromatic rings. The van der Waals surface area contributed by atoms with Crippen molar-refractivity contribution >= 4 is 29.5 Å². The molecule has 0 spiro atoms. The van der Waals surface area contributed by atoms with Crippen LogP contribution in [0.2, 0.25) is 5.15 Å². The van der Waals surface area contributed by atoms with E-state index in [4.69, 9.17) is 21.1 Å². The molecule has 0 radical (unpaired) electrons. The number of pyridine rings is 1. The molecule has 2 rings (SSSR count). The number of hydrogen-bond donors (Lipinski definition) is 1. The van der Waals surface area contributed by atoms with Gasteiger partial charge in [0.15, 0.2) is 0 Å². The largest absolute Gasteiger partial charge is 0.465 e. The van der Waals surface area contributed by atoms with Crippen molar-refractivity contribution in [2.75, 3.05) is 25.1 Å². The molecular weight excluding hydrogens is 346 g/mol. The fourth-order valence-electron chi connectivity index (χ4n) is 2.65. The Morgan fingerprint density at radius 2 is 1.92 bits per heavy atom. The van der Waals surface area contributed by atoms with Crippen LogP contribution in [0.5, 0.6) is 0 Å². The fourth-order valence-corrected chi connectivity index (χ4v) is 2.85. The van der Waals surface area contributed by atoms with Gasteiger partial charge in [-0.2, -0.15) is 0 Å². The first-order valence-corrected chi connectivity index (χ1v) is 8.58. The molecule has 1 fully saturated rings. The van der Waals surface area contributed by atoms with Crippen molar-refractivity contribution in [2.45, 2.75) is 45.3 Å². The molecule has 0 bridgehead atoms. The summed E-state index contributed by atoms with van der Waals surface area (Å²) in [4.78, 5) is 30.4. The van der Waals surface area contributed by atoms with Gasteiger partial charge in [0.25, 0.3) is 0 Å². The number of ether oxygens (including phenoxy) is 2. The third kappa shape index (κ3) is 5.31. The maximum absolute atomic E-state index is 12.8. The molecular formula is C17H24ClN3O4. The number of nitrogens with one attached hydrogen (secondary N) is 1. The highest BCUT2D eigenvalue weighted by atomic mass is 35.5. The predicted molar refractivity (Wildman–Crippen MR) is 95.2 cm³/mol. The van der Waals surface area contributed by atoms with Crippen LogP contribution in [0.3, 0.4) is 0 Å². The number of halogens is 1.